The standard InChI is InChI=1S/C20H25N5O2S/c26-18(22-20-23-21-14-28-20)16-6-10-25(11-7-16)19(27)17-5-3-4-15(12-17)13-24-8-1-2-9-24/h3-5,12,14,16H,1-2,6-11,13H2,(H,22,23,26). The number of nitrogens with one attached hydrogen (secondary N) is 1. The van der Waals surface area contributed by atoms with E-state index in [1.807, 2.05) is 23.1 Å². The maximum absolute atomic E-state index is 12.9. The second-order valence-electron chi connectivity index (χ2n) is 7.48. The van der Waals surface area contributed by atoms with Crippen LogP contribution < -0.4 is 5.32 Å². The van der Waals surface area contributed by atoms with Gasteiger partial charge in [-0.2, -0.15) is 0 Å². The van der Waals surface area contributed by atoms with Crippen molar-refractivity contribution in [1.29, 1.82) is 0 Å². The number of likely N-dealkylation sites (tertiary alicyclic amines) is 2. The van der Waals surface area contributed by atoms with Crippen molar-refractivity contribution in [2.75, 3.05) is 31.5 Å². The summed E-state index contributed by atoms with van der Waals surface area (Å²) in [5, 5.41) is 10.9. The Morgan fingerprint density at radius 2 is 1.93 bits per heavy atom. The molecule has 0 saturated carbocycles. The van der Waals surface area contributed by atoms with Crippen LogP contribution in [0, 0.1) is 5.92 Å². The first-order chi connectivity index (χ1) is 13.7. The summed E-state index contributed by atoms with van der Waals surface area (Å²) in [6.07, 6.45) is 3.87. The average molecular weight is 400 g/mol. The molecule has 1 aromatic heterocycles. The van der Waals surface area contributed by atoms with Gasteiger partial charge in [0.25, 0.3) is 5.91 Å². The van der Waals surface area contributed by atoms with Crippen LogP contribution in [0.25, 0.3) is 0 Å². The molecule has 2 aromatic rings. The molecule has 2 fully saturated rings. The molecule has 7 nitrogen and oxygen atoms in total. The lowest BCUT2D eigenvalue weighted by atomic mass is 9.95. The van der Waals surface area contributed by atoms with Gasteiger partial charge < -0.3 is 10.2 Å². The van der Waals surface area contributed by atoms with Crippen molar-refractivity contribution < 1.29 is 9.59 Å². The van der Waals surface area contributed by atoms with Gasteiger partial charge in [-0.05, 0) is 56.5 Å². The fourth-order valence-corrected chi connectivity index (χ4v) is 4.41. The second kappa shape index (κ2) is 8.79. The van der Waals surface area contributed by atoms with Crippen molar-refractivity contribution in [3.63, 3.8) is 0 Å². The molecular formula is C20H25N5O2S. The monoisotopic (exact) mass is 399 g/mol. The van der Waals surface area contributed by atoms with Crippen LogP contribution in [-0.4, -0.2) is 58.0 Å². The van der Waals surface area contributed by atoms with Gasteiger partial charge in [0.05, 0.1) is 0 Å². The molecule has 1 aromatic carbocycles. The minimum atomic E-state index is -0.0885. The fraction of sp³-hybridized carbons (Fsp3) is 0.500. The lowest BCUT2D eigenvalue weighted by Gasteiger charge is -2.31. The molecule has 0 atom stereocenters. The van der Waals surface area contributed by atoms with Crippen LogP contribution in [0.15, 0.2) is 29.8 Å². The van der Waals surface area contributed by atoms with E-state index >= 15 is 0 Å². The predicted octanol–water partition coefficient (Wildman–Crippen LogP) is 2.62. The largest absolute Gasteiger partial charge is 0.339 e. The van der Waals surface area contributed by atoms with Gasteiger partial charge in [0.1, 0.15) is 5.51 Å². The van der Waals surface area contributed by atoms with E-state index in [9.17, 15) is 9.59 Å². The lowest BCUT2D eigenvalue weighted by molar-refractivity contribution is -0.121. The summed E-state index contributed by atoms with van der Waals surface area (Å²) in [5.41, 5.74) is 3.53. The minimum Gasteiger partial charge on any atom is -0.339 e. The third-order valence-electron chi connectivity index (χ3n) is 5.52. The first-order valence-corrected chi connectivity index (χ1v) is 10.7. The van der Waals surface area contributed by atoms with E-state index < -0.39 is 0 Å². The Hall–Kier alpha value is -2.32. The van der Waals surface area contributed by atoms with Crippen LogP contribution in [-0.2, 0) is 11.3 Å². The predicted molar refractivity (Wildman–Crippen MR) is 108 cm³/mol. The molecule has 2 amide bonds. The Kier molecular flexibility index (Phi) is 5.97. The van der Waals surface area contributed by atoms with Gasteiger partial charge >= 0.3 is 0 Å². The topological polar surface area (TPSA) is 78.4 Å². The van der Waals surface area contributed by atoms with E-state index in [0.29, 0.717) is 31.1 Å². The molecule has 3 heterocycles. The third-order valence-corrected chi connectivity index (χ3v) is 6.13. The molecule has 0 unspecified atom stereocenters. The van der Waals surface area contributed by atoms with Crippen molar-refractivity contribution >= 4 is 28.3 Å². The molecule has 4 rings (SSSR count). The number of amides is 2. The summed E-state index contributed by atoms with van der Waals surface area (Å²) in [5.74, 6) is -0.0582. The van der Waals surface area contributed by atoms with Gasteiger partial charge in [-0.1, -0.05) is 23.5 Å². The van der Waals surface area contributed by atoms with Crippen molar-refractivity contribution in [1.82, 2.24) is 20.0 Å². The highest BCUT2D eigenvalue weighted by atomic mass is 32.1. The van der Waals surface area contributed by atoms with Crippen molar-refractivity contribution in [3.05, 3.63) is 40.9 Å². The smallest absolute Gasteiger partial charge is 0.253 e. The first kappa shape index (κ1) is 19.0. The van der Waals surface area contributed by atoms with Gasteiger partial charge in [-0.25, -0.2) is 0 Å². The van der Waals surface area contributed by atoms with Crippen LogP contribution >= 0.6 is 11.3 Å². The number of nitrogens with zero attached hydrogens (tertiary/aromatic N) is 4. The molecule has 0 spiro atoms. The quantitative estimate of drug-likeness (QED) is 0.836. The lowest BCUT2D eigenvalue weighted by Crippen LogP contribution is -2.41. The Morgan fingerprint density at radius 3 is 2.64 bits per heavy atom. The Morgan fingerprint density at radius 1 is 1.14 bits per heavy atom. The molecule has 148 valence electrons. The number of anilines is 1. The number of carbonyl (C=O) groups is 2. The summed E-state index contributed by atoms with van der Waals surface area (Å²) in [6, 6.07) is 7.99. The molecule has 2 aliphatic rings. The molecular weight excluding hydrogens is 374 g/mol. The fourth-order valence-electron chi connectivity index (χ4n) is 3.96. The van der Waals surface area contributed by atoms with Gasteiger partial charge in [0, 0.05) is 31.1 Å². The number of piperidine rings is 1. The zero-order chi connectivity index (χ0) is 19.3. The zero-order valence-electron chi connectivity index (χ0n) is 15.8. The maximum Gasteiger partial charge on any atom is 0.253 e. The normalized spacial score (nSPS) is 18.4. The Labute approximate surface area is 168 Å². The van der Waals surface area contributed by atoms with Crippen LogP contribution in [0.1, 0.15) is 41.6 Å². The van der Waals surface area contributed by atoms with Crippen molar-refractivity contribution in [2.45, 2.75) is 32.2 Å². The highest BCUT2D eigenvalue weighted by Crippen LogP contribution is 2.22. The summed E-state index contributed by atoms with van der Waals surface area (Å²) in [7, 11) is 0. The zero-order valence-corrected chi connectivity index (χ0v) is 16.7. The molecule has 2 aliphatic heterocycles. The van der Waals surface area contributed by atoms with Gasteiger partial charge in [0.2, 0.25) is 11.0 Å². The molecule has 0 bridgehead atoms. The number of hydrogen-bond acceptors (Lipinski definition) is 6. The Bertz CT molecular complexity index is 812. The third kappa shape index (κ3) is 4.56. The van der Waals surface area contributed by atoms with Crippen LogP contribution in [0.4, 0.5) is 5.13 Å². The highest BCUT2D eigenvalue weighted by molar-refractivity contribution is 7.13. The average Bonchev–Trinajstić information content (AvgIpc) is 3.42. The van der Waals surface area contributed by atoms with Crippen molar-refractivity contribution in [3.8, 4) is 0 Å². The summed E-state index contributed by atoms with van der Waals surface area (Å²) in [6.45, 7) is 4.40. The Balaban J connectivity index is 1.31. The van der Waals surface area contributed by atoms with E-state index in [-0.39, 0.29) is 17.7 Å². The number of benzene rings is 1. The number of carbonyl (C=O) groups excluding carboxylic acids is 2. The molecule has 0 radical (unpaired) electrons. The highest BCUT2D eigenvalue weighted by Gasteiger charge is 2.28. The minimum absolute atomic E-state index is 0.0311. The molecule has 8 heteroatoms. The van der Waals surface area contributed by atoms with E-state index in [1.165, 1.54) is 29.7 Å². The molecule has 1 N–H and O–H groups in total. The van der Waals surface area contributed by atoms with Gasteiger partial charge in [0.15, 0.2) is 0 Å². The van der Waals surface area contributed by atoms with E-state index in [0.717, 1.165) is 25.2 Å². The molecule has 2 saturated heterocycles. The summed E-state index contributed by atoms with van der Waals surface area (Å²) < 4.78 is 0. The van der Waals surface area contributed by atoms with E-state index in [1.54, 1.807) is 5.51 Å². The van der Waals surface area contributed by atoms with E-state index in [2.05, 4.69) is 26.5 Å². The summed E-state index contributed by atoms with van der Waals surface area (Å²) >= 11 is 1.31. The first-order valence-electron chi connectivity index (χ1n) is 9.86. The van der Waals surface area contributed by atoms with Crippen molar-refractivity contribution in [2.24, 2.45) is 5.92 Å². The number of hydrogen-bond donors (Lipinski definition) is 1. The summed E-state index contributed by atoms with van der Waals surface area (Å²) in [4.78, 5) is 29.6. The van der Waals surface area contributed by atoms with Crippen LogP contribution in [0.2, 0.25) is 0 Å². The number of rotatable bonds is 5. The van der Waals surface area contributed by atoms with Crippen LogP contribution in [0.5, 0.6) is 0 Å². The van der Waals surface area contributed by atoms with Gasteiger partial charge in [-0.15, -0.1) is 10.2 Å². The van der Waals surface area contributed by atoms with E-state index in [4.69, 9.17) is 0 Å². The molecule has 0 aliphatic carbocycles. The van der Waals surface area contributed by atoms with Crippen LogP contribution in [0.3, 0.4) is 0 Å². The maximum atomic E-state index is 12.9. The second-order valence-corrected chi connectivity index (χ2v) is 8.32. The molecule has 28 heavy (non-hydrogen) atoms. The van der Waals surface area contributed by atoms with Gasteiger partial charge in [-0.3, -0.25) is 14.5 Å². The number of aromatic nitrogens is 2. The SMILES string of the molecule is O=C(Nc1nncs1)C1CCN(C(=O)c2cccc(CN3CCCC3)c2)CC1.